The van der Waals surface area contributed by atoms with Gasteiger partial charge in [0.1, 0.15) is 11.5 Å². The Hall–Kier alpha value is -3.28. The highest BCUT2D eigenvalue weighted by molar-refractivity contribution is 6.51. The van der Waals surface area contributed by atoms with Crippen LogP contribution in [0.1, 0.15) is 24.1 Å². The zero-order valence-electron chi connectivity index (χ0n) is 17.1. The van der Waals surface area contributed by atoms with Gasteiger partial charge in [-0.05, 0) is 48.9 Å². The molecule has 1 amide bonds. The molecule has 32 heavy (non-hydrogen) atoms. The molecule has 1 heterocycles. The third-order valence-electron chi connectivity index (χ3n) is 5.14. The maximum absolute atomic E-state index is 13.2. The van der Waals surface area contributed by atoms with E-state index < -0.39 is 17.7 Å². The Morgan fingerprint density at radius 3 is 2.38 bits per heavy atom. The monoisotopic (exact) mass is 467 g/mol. The van der Waals surface area contributed by atoms with Gasteiger partial charge in [0, 0.05) is 27.4 Å². The number of halogens is 2. The lowest BCUT2D eigenvalue weighted by molar-refractivity contribution is -0.132. The van der Waals surface area contributed by atoms with E-state index in [9.17, 15) is 14.7 Å². The van der Waals surface area contributed by atoms with Gasteiger partial charge >= 0.3 is 0 Å². The molecule has 1 fully saturated rings. The van der Waals surface area contributed by atoms with Gasteiger partial charge in [-0.2, -0.15) is 0 Å². The molecule has 1 atom stereocenters. The van der Waals surface area contributed by atoms with E-state index in [1.54, 1.807) is 72.8 Å². The van der Waals surface area contributed by atoms with Crippen LogP contribution >= 0.6 is 23.2 Å². The molecule has 0 aromatic heterocycles. The maximum atomic E-state index is 13.2. The molecule has 1 unspecified atom stereocenters. The second-order valence-electron chi connectivity index (χ2n) is 7.16. The summed E-state index contributed by atoms with van der Waals surface area (Å²) in [5.74, 6) is -1.27. The van der Waals surface area contributed by atoms with Gasteiger partial charge in [0.05, 0.1) is 18.2 Å². The summed E-state index contributed by atoms with van der Waals surface area (Å²) in [7, 11) is 0. The van der Waals surface area contributed by atoms with Crippen molar-refractivity contribution in [2.24, 2.45) is 0 Å². The number of ketones is 1. The minimum atomic E-state index is -0.858. The molecule has 3 aromatic rings. The number of aliphatic hydroxyl groups is 1. The largest absolute Gasteiger partial charge is 0.507 e. The third-order valence-corrected chi connectivity index (χ3v) is 5.62. The van der Waals surface area contributed by atoms with Crippen molar-refractivity contribution in [3.63, 3.8) is 0 Å². The molecule has 0 bridgehead atoms. The molecule has 4 rings (SSSR count). The van der Waals surface area contributed by atoms with E-state index in [0.717, 1.165) is 0 Å². The fourth-order valence-corrected chi connectivity index (χ4v) is 4.06. The van der Waals surface area contributed by atoms with Crippen LogP contribution in [0.2, 0.25) is 10.0 Å². The summed E-state index contributed by atoms with van der Waals surface area (Å²) in [5, 5.41) is 12.0. The highest BCUT2D eigenvalue weighted by atomic mass is 35.5. The highest BCUT2D eigenvalue weighted by Gasteiger charge is 2.47. The fourth-order valence-electron chi connectivity index (χ4n) is 3.74. The highest BCUT2D eigenvalue weighted by Crippen LogP contribution is 2.43. The molecule has 1 saturated heterocycles. The van der Waals surface area contributed by atoms with Gasteiger partial charge < -0.3 is 9.84 Å². The molecule has 1 N–H and O–H groups in total. The van der Waals surface area contributed by atoms with Gasteiger partial charge in [0.25, 0.3) is 11.7 Å². The van der Waals surface area contributed by atoms with Crippen LogP contribution < -0.4 is 9.64 Å². The number of anilines is 1. The number of Topliss-reactive ketones (excluding diaryl/α,β-unsaturated/α-hetero) is 1. The number of benzene rings is 3. The first kappa shape index (κ1) is 21.9. The number of aliphatic hydroxyl groups excluding tert-OH is 1. The molecule has 5 nitrogen and oxygen atoms in total. The van der Waals surface area contributed by atoms with Crippen LogP contribution in [0.4, 0.5) is 5.69 Å². The van der Waals surface area contributed by atoms with Crippen LogP contribution in [0.25, 0.3) is 5.76 Å². The summed E-state index contributed by atoms with van der Waals surface area (Å²) in [6.07, 6.45) is 0. The first-order valence-corrected chi connectivity index (χ1v) is 10.7. The van der Waals surface area contributed by atoms with Crippen LogP contribution in [0.15, 0.2) is 78.4 Å². The Morgan fingerprint density at radius 2 is 1.69 bits per heavy atom. The average Bonchev–Trinajstić information content (AvgIpc) is 3.05. The van der Waals surface area contributed by atoms with E-state index >= 15 is 0 Å². The lowest BCUT2D eigenvalue weighted by Crippen LogP contribution is -2.29. The zero-order chi connectivity index (χ0) is 22.8. The average molecular weight is 468 g/mol. The second-order valence-corrected chi connectivity index (χ2v) is 8.03. The smallest absolute Gasteiger partial charge is 0.300 e. The van der Waals surface area contributed by atoms with E-state index in [1.807, 2.05) is 6.92 Å². The quantitative estimate of drug-likeness (QED) is 0.283. The minimum Gasteiger partial charge on any atom is -0.507 e. The van der Waals surface area contributed by atoms with E-state index in [0.29, 0.717) is 39.2 Å². The van der Waals surface area contributed by atoms with Crippen molar-refractivity contribution >= 4 is 46.3 Å². The van der Waals surface area contributed by atoms with E-state index in [1.165, 1.54) is 4.90 Å². The van der Waals surface area contributed by atoms with Crippen molar-refractivity contribution in [2.75, 3.05) is 11.5 Å². The molecular weight excluding hydrogens is 449 g/mol. The topological polar surface area (TPSA) is 66.8 Å². The molecule has 1 aliphatic heterocycles. The zero-order valence-corrected chi connectivity index (χ0v) is 18.6. The van der Waals surface area contributed by atoms with Crippen LogP contribution in [-0.4, -0.2) is 23.4 Å². The number of amides is 1. The van der Waals surface area contributed by atoms with Crippen molar-refractivity contribution in [3.05, 3.63) is 99.5 Å². The number of rotatable bonds is 5. The van der Waals surface area contributed by atoms with Crippen molar-refractivity contribution in [1.29, 1.82) is 0 Å². The normalized spacial score (nSPS) is 17.6. The first-order chi connectivity index (χ1) is 15.4. The first-order valence-electron chi connectivity index (χ1n) is 9.96. The van der Waals surface area contributed by atoms with Crippen LogP contribution in [-0.2, 0) is 9.59 Å². The Morgan fingerprint density at radius 1 is 0.969 bits per heavy atom. The summed E-state index contributed by atoms with van der Waals surface area (Å²) in [5.41, 5.74) is 1.42. The minimum absolute atomic E-state index is 0.0265. The summed E-state index contributed by atoms with van der Waals surface area (Å²) in [6.45, 7) is 2.31. The van der Waals surface area contributed by atoms with Crippen molar-refractivity contribution in [3.8, 4) is 5.75 Å². The van der Waals surface area contributed by atoms with Gasteiger partial charge in [-0.3, -0.25) is 14.5 Å². The predicted octanol–water partition coefficient (Wildman–Crippen LogP) is 6.02. The molecule has 162 valence electrons. The van der Waals surface area contributed by atoms with Gasteiger partial charge in [0.2, 0.25) is 0 Å². The second kappa shape index (κ2) is 9.07. The number of carbonyl (C=O) groups is 2. The van der Waals surface area contributed by atoms with Crippen molar-refractivity contribution in [1.82, 2.24) is 0 Å². The van der Waals surface area contributed by atoms with Gasteiger partial charge in [-0.25, -0.2) is 0 Å². The van der Waals surface area contributed by atoms with Gasteiger partial charge in [-0.1, -0.05) is 53.5 Å². The number of hydrogen-bond acceptors (Lipinski definition) is 4. The van der Waals surface area contributed by atoms with E-state index in [-0.39, 0.29) is 11.3 Å². The molecule has 0 aliphatic carbocycles. The van der Waals surface area contributed by atoms with Crippen LogP contribution in [0.3, 0.4) is 0 Å². The van der Waals surface area contributed by atoms with Crippen molar-refractivity contribution < 1.29 is 19.4 Å². The van der Waals surface area contributed by atoms with E-state index in [2.05, 4.69) is 0 Å². The summed E-state index contributed by atoms with van der Waals surface area (Å²) in [6, 6.07) is 19.4. The number of nitrogens with zero attached hydrogens (tertiary/aromatic N) is 1. The van der Waals surface area contributed by atoms with Crippen LogP contribution in [0.5, 0.6) is 5.75 Å². The Kier molecular flexibility index (Phi) is 6.21. The lowest BCUT2D eigenvalue weighted by Gasteiger charge is -2.26. The van der Waals surface area contributed by atoms with Crippen molar-refractivity contribution in [2.45, 2.75) is 13.0 Å². The Labute approximate surface area is 195 Å². The fraction of sp³-hybridized carbons (Fsp3) is 0.120. The number of ether oxygens (including phenoxy) is 1. The molecule has 7 heteroatoms. The molecule has 0 spiro atoms. The Bertz CT molecular complexity index is 1220. The molecule has 0 radical (unpaired) electrons. The Balaban J connectivity index is 1.93. The standard InChI is InChI=1S/C25H19Cl2NO4/c1-2-32-20-8-4-7-19(14-20)28-22(15-9-11-17(26)12-10-15)21(24(30)25(28)31)23(29)16-5-3-6-18(27)13-16/h3-14,22,29H,2H2,1H3/b23-21+. The number of carbonyl (C=O) groups excluding carboxylic acids is 2. The molecular formula is C25H19Cl2NO4. The van der Waals surface area contributed by atoms with Gasteiger partial charge in [-0.15, -0.1) is 0 Å². The lowest BCUT2D eigenvalue weighted by atomic mass is 9.95. The summed E-state index contributed by atoms with van der Waals surface area (Å²) in [4.78, 5) is 27.7. The molecule has 0 saturated carbocycles. The summed E-state index contributed by atoms with van der Waals surface area (Å²) < 4.78 is 5.57. The molecule has 1 aliphatic rings. The van der Waals surface area contributed by atoms with Crippen LogP contribution in [0, 0.1) is 0 Å². The maximum Gasteiger partial charge on any atom is 0.300 e. The number of hydrogen-bond donors (Lipinski definition) is 1. The van der Waals surface area contributed by atoms with E-state index in [4.69, 9.17) is 27.9 Å². The summed E-state index contributed by atoms with van der Waals surface area (Å²) >= 11 is 12.1. The SMILES string of the molecule is CCOc1cccc(N2C(=O)C(=O)/C(=C(/O)c3cccc(Cl)c3)C2c2ccc(Cl)cc2)c1. The third kappa shape index (κ3) is 4.09. The van der Waals surface area contributed by atoms with Gasteiger partial charge in [0.15, 0.2) is 0 Å². The predicted molar refractivity (Wildman–Crippen MR) is 125 cm³/mol. The molecule has 3 aromatic carbocycles.